The van der Waals surface area contributed by atoms with Gasteiger partial charge in [-0.3, -0.25) is 9.59 Å². The van der Waals surface area contributed by atoms with Gasteiger partial charge in [0.15, 0.2) is 0 Å². The number of aromatic nitrogens is 1. The van der Waals surface area contributed by atoms with Gasteiger partial charge in [-0.2, -0.15) is 13.2 Å². The molecule has 0 radical (unpaired) electrons. The Morgan fingerprint density at radius 2 is 1.97 bits per heavy atom. The van der Waals surface area contributed by atoms with Crippen LogP contribution in [-0.4, -0.2) is 22.6 Å². The lowest BCUT2D eigenvalue weighted by molar-refractivity contribution is -0.137. The van der Waals surface area contributed by atoms with Crippen molar-refractivity contribution in [3.8, 4) is 0 Å². The van der Waals surface area contributed by atoms with E-state index in [-0.39, 0.29) is 24.7 Å². The minimum Gasteiger partial charge on any atom is -0.347 e. The topological polar surface area (TPSA) is 62.3 Å². The average Bonchev–Trinajstić information content (AvgIpc) is 3.22. The largest absolute Gasteiger partial charge is 0.416 e. The van der Waals surface area contributed by atoms with Crippen molar-refractivity contribution in [2.45, 2.75) is 24.2 Å². The maximum atomic E-state index is 12.8. The fourth-order valence-corrected chi connectivity index (χ4v) is 4.78. The van der Waals surface area contributed by atoms with Crippen LogP contribution in [0.3, 0.4) is 0 Å². The van der Waals surface area contributed by atoms with E-state index in [2.05, 4.69) is 10.3 Å². The number of anilines is 1. The molecule has 3 aromatic rings. The van der Waals surface area contributed by atoms with Crippen molar-refractivity contribution in [2.75, 3.05) is 10.7 Å². The predicted octanol–water partition coefficient (Wildman–Crippen LogP) is 4.73. The Bertz CT molecular complexity index is 1130. The number of nitrogens with zero attached hydrogens (tertiary/aromatic N) is 2. The summed E-state index contributed by atoms with van der Waals surface area (Å²) in [5.74, 6) is -0.178. The zero-order valence-electron chi connectivity index (χ0n) is 16.0. The van der Waals surface area contributed by atoms with Gasteiger partial charge in [-0.1, -0.05) is 24.3 Å². The molecule has 160 valence electrons. The molecule has 1 aliphatic heterocycles. The minimum absolute atomic E-state index is 0.0329. The molecule has 2 aromatic carbocycles. The molecule has 1 aromatic heterocycles. The Balaban J connectivity index is 1.41. The second-order valence-corrected chi connectivity index (χ2v) is 8.70. The van der Waals surface area contributed by atoms with Gasteiger partial charge >= 0.3 is 6.18 Å². The molecule has 5 nitrogen and oxygen atoms in total. The second-order valence-electron chi connectivity index (χ2n) is 6.74. The van der Waals surface area contributed by atoms with Crippen molar-refractivity contribution >= 4 is 40.6 Å². The molecule has 10 heteroatoms. The van der Waals surface area contributed by atoms with Crippen LogP contribution >= 0.6 is 23.1 Å². The third kappa shape index (κ3) is 4.91. The van der Waals surface area contributed by atoms with E-state index in [0.717, 1.165) is 22.7 Å². The molecule has 0 unspecified atom stereocenters. The Hall–Kier alpha value is -2.85. The summed E-state index contributed by atoms with van der Waals surface area (Å²) in [5, 5.41) is 4.76. The number of halogens is 3. The van der Waals surface area contributed by atoms with Crippen LogP contribution in [0.1, 0.15) is 26.6 Å². The van der Waals surface area contributed by atoms with E-state index in [1.54, 1.807) is 10.3 Å². The predicted molar refractivity (Wildman–Crippen MR) is 113 cm³/mol. The number of hydrogen-bond acceptors (Lipinski definition) is 5. The van der Waals surface area contributed by atoms with Gasteiger partial charge in [-0.15, -0.1) is 23.1 Å². The Kier molecular flexibility index (Phi) is 6.01. The van der Waals surface area contributed by atoms with E-state index >= 15 is 0 Å². The molecule has 2 heterocycles. The van der Waals surface area contributed by atoms with Crippen molar-refractivity contribution in [2.24, 2.45) is 0 Å². The van der Waals surface area contributed by atoms with Crippen LogP contribution in [0.2, 0.25) is 0 Å². The number of nitrogens with one attached hydrogen (secondary N) is 1. The lowest BCUT2D eigenvalue weighted by atomic mass is 10.1. The number of rotatable bonds is 5. The van der Waals surface area contributed by atoms with Crippen LogP contribution in [0, 0.1) is 0 Å². The van der Waals surface area contributed by atoms with Crippen molar-refractivity contribution in [1.82, 2.24) is 10.3 Å². The number of thioether (sulfide) groups is 1. The number of carbonyl (C=O) groups excluding carboxylic acids is 2. The third-order valence-corrected chi connectivity index (χ3v) is 6.47. The van der Waals surface area contributed by atoms with E-state index in [9.17, 15) is 22.8 Å². The molecule has 4 rings (SSSR count). The van der Waals surface area contributed by atoms with Gasteiger partial charge in [0.2, 0.25) is 5.91 Å². The quantitative estimate of drug-likeness (QED) is 0.594. The van der Waals surface area contributed by atoms with Gasteiger partial charge in [0, 0.05) is 16.8 Å². The smallest absolute Gasteiger partial charge is 0.347 e. The van der Waals surface area contributed by atoms with Crippen molar-refractivity contribution in [1.29, 1.82) is 0 Å². The zero-order valence-corrected chi connectivity index (χ0v) is 17.6. The van der Waals surface area contributed by atoms with Crippen LogP contribution in [0.15, 0.2) is 58.8 Å². The lowest BCUT2D eigenvalue weighted by Crippen LogP contribution is -2.34. The number of alkyl halides is 3. The van der Waals surface area contributed by atoms with E-state index in [1.165, 1.54) is 35.2 Å². The highest BCUT2D eigenvalue weighted by Crippen LogP contribution is 2.36. The summed E-state index contributed by atoms with van der Waals surface area (Å²) in [7, 11) is 0. The summed E-state index contributed by atoms with van der Waals surface area (Å²) in [6.07, 6.45) is -4.44. The Labute approximate surface area is 184 Å². The number of carbonyl (C=O) groups is 2. The zero-order chi connectivity index (χ0) is 22.0. The maximum Gasteiger partial charge on any atom is 0.416 e. The number of thiazole rings is 1. The molecule has 31 heavy (non-hydrogen) atoms. The minimum atomic E-state index is -4.44. The summed E-state index contributed by atoms with van der Waals surface area (Å²) in [6, 6.07) is 12.4. The number of amides is 2. The Morgan fingerprint density at radius 3 is 2.77 bits per heavy atom. The van der Waals surface area contributed by atoms with Crippen LogP contribution in [0.4, 0.5) is 18.9 Å². The summed E-state index contributed by atoms with van der Waals surface area (Å²) < 4.78 is 38.5. The number of benzene rings is 2. The monoisotopic (exact) mass is 463 g/mol. The molecule has 0 saturated carbocycles. The van der Waals surface area contributed by atoms with Crippen LogP contribution in [-0.2, 0) is 24.1 Å². The molecule has 1 N–H and O–H groups in total. The summed E-state index contributed by atoms with van der Waals surface area (Å²) in [4.78, 5) is 31.7. The number of hydrogen-bond donors (Lipinski definition) is 1. The number of fused-ring (bicyclic) bond motifs is 1. The molecule has 0 saturated heterocycles. The van der Waals surface area contributed by atoms with Gasteiger partial charge in [0.25, 0.3) is 5.91 Å². The van der Waals surface area contributed by atoms with Gasteiger partial charge in [-0.05, 0) is 29.8 Å². The molecule has 0 bridgehead atoms. The van der Waals surface area contributed by atoms with Crippen LogP contribution in [0.25, 0.3) is 0 Å². The summed E-state index contributed by atoms with van der Waals surface area (Å²) in [5.41, 5.74) is 0.556. The first-order chi connectivity index (χ1) is 14.8. The molecule has 1 aliphatic rings. The molecular formula is C21H16F3N3O2S2. The molecule has 0 atom stereocenters. The highest BCUT2D eigenvalue weighted by atomic mass is 32.2. The van der Waals surface area contributed by atoms with E-state index < -0.39 is 17.6 Å². The maximum absolute atomic E-state index is 12.8. The van der Waals surface area contributed by atoms with Crippen LogP contribution in [0.5, 0.6) is 0 Å². The lowest BCUT2D eigenvalue weighted by Gasteiger charge is -2.28. The standard InChI is InChI=1S/C21H16F3N3O2S2/c22-21(23,24)14-5-3-4-13(8-14)9-25-20(29)15-11-31-18(26-15)10-27-16-6-1-2-7-17(16)30-12-19(27)28/h1-8,11H,9-10,12H2,(H,25,29). The number of para-hydroxylation sites is 1. The fourth-order valence-electron chi connectivity index (χ4n) is 3.08. The van der Waals surface area contributed by atoms with Crippen LogP contribution < -0.4 is 10.2 Å². The van der Waals surface area contributed by atoms with E-state index in [4.69, 9.17) is 0 Å². The van der Waals surface area contributed by atoms with Crippen molar-refractivity contribution in [3.05, 3.63) is 75.7 Å². The van der Waals surface area contributed by atoms with Gasteiger partial charge < -0.3 is 10.2 Å². The van der Waals surface area contributed by atoms with Gasteiger partial charge in [0.1, 0.15) is 10.7 Å². The van der Waals surface area contributed by atoms with Crippen molar-refractivity contribution in [3.63, 3.8) is 0 Å². The average molecular weight is 464 g/mol. The highest BCUT2D eigenvalue weighted by Gasteiger charge is 2.30. The third-order valence-electron chi connectivity index (χ3n) is 4.59. The SMILES string of the molecule is O=C(NCc1cccc(C(F)(F)F)c1)c1csc(CN2C(=O)CSc3ccccc32)n1. The first-order valence-corrected chi connectivity index (χ1v) is 11.1. The summed E-state index contributed by atoms with van der Waals surface area (Å²) in [6.45, 7) is 0.201. The van der Waals surface area contributed by atoms with E-state index in [0.29, 0.717) is 16.3 Å². The molecule has 2 amide bonds. The molecule has 0 fully saturated rings. The van der Waals surface area contributed by atoms with Gasteiger partial charge in [-0.25, -0.2) is 4.98 Å². The molecular weight excluding hydrogens is 447 g/mol. The molecule has 0 aliphatic carbocycles. The normalized spacial score (nSPS) is 13.8. The highest BCUT2D eigenvalue weighted by molar-refractivity contribution is 8.00. The second kappa shape index (κ2) is 8.72. The first kappa shape index (κ1) is 21.4. The van der Waals surface area contributed by atoms with Gasteiger partial charge in [0.05, 0.1) is 23.5 Å². The fraction of sp³-hybridized carbons (Fsp3) is 0.190. The van der Waals surface area contributed by atoms with E-state index in [1.807, 2.05) is 24.3 Å². The summed E-state index contributed by atoms with van der Waals surface area (Å²) >= 11 is 2.74. The Morgan fingerprint density at radius 1 is 1.16 bits per heavy atom. The molecule has 0 spiro atoms. The first-order valence-electron chi connectivity index (χ1n) is 9.22. The van der Waals surface area contributed by atoms with Crippen molar-refractivity contribution < 1.29 is 22.8 Å².